The molecule has 0 spiro atoms. The molecule has 2 N–H and O–H groups in total. The average molecular weight is 472 g/mol. The molecular weight excluding hydrogens is 442 g/mol. The lowest BCUT2D eigenvalue weighted by Gasteiger charge is -2.34. The summed E-state index contributed by atoms with van der Waals surface area (Å²) >= 11 is 6.18. The Balaban J connectivity index is 1.63. The maximum atomic E-state index is 13.1. The molecule has 172 valence electrons. The molecular formula is C21H30ClN3O5S. The molecule has 1 aliphatic carbocycles. The number of hydrogen-bond donors (Lipinski definition) is 2. The first kappa shape index (κ1) is 24.0. The van der Waals surface area contributed by atoms with E-state index in [0.717, 1.165) is 25.7 Å². The molecule has 3 rings (SSSR count). The number of ether oxygens (including phenoxy) is 1. The Morgan fingerprint density at radius 3 is 2.45 bits per heavy atom. The number of sulfonamides is 1. The van der Waals surface area contributed by atoms with Gasteiger partial charge in [-0.3, -0.25) is 9.59 Å². The zero-order chi connectivity index (χ0) is 22.6. The van der Waals surface area contributed by atoms with Gasteiger partial charge in [0, 0.05) is 37.7 Å². The van der Waals surface area contributed by atoms with Crippen LogP contribution in [-0.2, 0) is 19.6 Å². The van der Waals surface area contributed by atoms with Crippen LogP contribution in [0.1, 0.15) is 56.3 Å². The van der Waals surface area contributed by atoms with Gasteiger partial charge in [-0.15, -0.1) is 0 Å². The minimum atomic E-state index is -3.88. The van der Waals surface area contributed by atoms with Crippen molar-refractivity contribution in [1.29, 1.82) is 0 Å². The van der Waals surface area contributed by atoms with Gasteiger partial charge < -0.3 is 15.4 Å². The fraction of sp³-hybridized carbons (Fsp3) is 0.619. The highest BCUT2D eigenvalue weighted by molar-refractivity contribution is 7.89. The first-order chi connectivity index (χ1) is 14.7. The molecule has 2 amide bonds. The number of amides is 2. The second-order valence-corrected chi connectivity index (χ2v) is 10.6. The topological polar surface area (TPSA) is 105 Å². The largest absolute Gasteiger partial charge is 0.373 e. The molecule has 2 fully saturated rings. The van der Waals surface area contributed by atoms with Gasteiger partial charge in [-0.1, -0.05) is 24.4 Å². The van der Waals surface area contributed by atoms with Crippen molar-refractivity contribution < 1.29 is 22.7 Å². The Kier molecular flexibility index (Phi) is 7.96. The van der Waals surface area contributed by atoms with Crippen molar-refractivity contribution in [2.75, 3.05) is 19.6 Å². The summed E-state index contributed by atoms with van der Waals surface area (Å²) in [6.45, 7) is 4.23. The highest BCUT2D eigenvalue weighted by Crippen LogP contribution is 2.28. The van der Waals surface area contributed by atoms with Gasteiger partial charge in [-0.25, -0.2) is 8.42 Å². The summed E-state index contributed by atoms with van der Waals surface area (Å²) in [7, 11) is -3.88. The number of halogens is 1. The van der Waals surface area contributed by atoms with Crippen LogP contribution in [0.4, 0.5) is 0 Å². The average Bonchev–Trinajstić information content (AvgIpc) is 3.20. The maximum absolute atomic E-state index is 13.1. The lowest BCUT2D eigenvalue weighted by Crippen LogP contribution is -2.48. The summed E-state index contributed by atoms with van der Waals surface area (Å²) in [5.41, 5.74) is 0.175. The van der Waals surface area contributed by atoms with Gasteiger partial charge in [-0.2, -0.15) is 4.31 Å². The monoisotopic (exact) mass is 471 g/mol. The van der Waals surface area contributed by atoms with Gasteiger partial charge in [0.15, 0.2) is 0 Å². The van der Waals surface area contributed by atoms with Crippen molar-refractivity contribution in [3.63, 3.8) is 0 Å². The predicted molar refractivity (Wildman–Crippen MR) is 118 cm³/mol. The fourth-order valence-corrected chi connectivity index (χ4v) is 6.16. The standard InChI is InChI=1S/C21H30ClN3O5S/c1-14-12-25(13-15(2)30-14)31(28,29)19-11-16(7-8-18(19)22)21(27)23-10-9-20(26)24-17-5-3-4-6-17/h7-8,11,14-15,17H,3-6,9-10,12-13H2,1-2H3,(H,23,27)(H,24,26). The van der Waals surface area contributed by atoms with E-state index in [9.17, 15) is 18.0 Å². The smallest absolute Gasteiger partial charge is 0.251 e. The van der Waals surface area contributed by atoms with Crippen molar-refractivity contribution in [3.05, 3.63) is 28.8 Å². The minimum absolute atomic E-state index is 0.0549. The van der Waals surface area contributed by atoms with Gasteiger partial charge in [0.25, 0.3) is 5.91 Å². The van der Waals surface area contributed by atoms with Crippen LogP contribution in [-0.4, -0.2) is 62.4 Å². The summed E-state index contributed by atoms with van der Waals surface area (Å²) in [5.74, 6) is -0.548. The zero-order valence-corrected chi connectivity index (χ0v) is 19.5. The summed E-state index contributed by atoms with van der Waals surface area (Å²) in [4.78, 5) is 24.4. The zero-order valence-electron chi connectivity index (χ0n) is 17.9. The van der Waals surface area contributed by atoms with Gasteiger partial charge >= 0.3 is 0 Å². The number of hydrogen-bond acceptors (Lipinski definition) is 5. The van der Waals surface area contributed by atoms with Crippen LogP contribution in [0.5, 0.6) is 0 Å². The minimum Gasteiger partial charge on any atom is -0.373 e. The summed E-state index contributed by atoms with van der Waals surface area (Å²) < 4.78 is 33.2. The van der Waals surface area contributed by atoms with E-state index < -0.39 is 15.9 Å². The highest BCUT2D eigenvalue weighted by atomic mass is 35.5. The number of nitrogens with one attached hydrogen (secondary N) is 2. The Morgan fingerprint density at radius 1 is 1.16 bits per heavy atom. The Labute approximate surface area is 188 Å². The molecule has 1 saturated heterocycles. The third kappa shape index (κ3) is 6.19. The number of nitrogens with zero attached hydrogens (tertiary/aromatic N) is 1. The van der Waals surface area contributed by atoms with E-state index in [1.165, 1.54) is 22.5 Å². The number of morpholine rings is 1. The van der Waals surface area contributed by atoms with Crippen molar-refractivity contribution in [2.45, 2.75) is 69.1 Å². The maximum Gasteiger partial charge on any atom is 0.251 e. The van der Waals surface area contributed by atoms with E-state index in [1.807, 2.05) is 13.8 Å². The Bertz CT molecular complexity index is 908. The molecule has 0 radical (unpaired) electrons. The van der Waals surface area contributed by atoms with Gasteiger partial charge in [0.2, 0.25) is 15.9 Å². The quantitative estimate of drug-likeness (QED) is 0.635. The van der Waals surface area contributed by atoms with E-state index in [2.05, 4.69) is 10.6 Å². The Hall–Kier alpha value is -1.68. The Morgan fingerprint density at radius 2 is 1.81 bits per heavy atom. The summed E-state index contributed by atoms with van der Waals surface area (Å²) in [6.07, 6.45) is 3.96. The van der Waals surface area contributed by atoms with E-state index in [0.29, 0.717) is 0 Å². The SMILES string of the molecule is CC1CN(S(=O)(=O)c2cc(C(=O)NCCC(=O)NC3CCCC3)ccc2Cl)CC(C)O1. The number of benzene rings is 1. The molecule has 2 aliphatic rings. The number of rotatable bonds is 7. The molecule has 1 aromatic carbocycles. The normalized spacial score (nSPS) is 22.9. The van der Waals surface area contributed by atoms with Crippen molar-refractivity contribution in [1.82, 2.24) is 14.9 Å². The van der Waals surface area contributed by atoms with Crippen molar-refractivity contribution >= 4 is 33.4 Å². The van der Waals surface area contributed by atoms with Crippen LogP contribution in [0.15, 0.2) is 23.1 Å². The van der Waals surface area contributed by atoms with E-state index in [1.54, 1.807) is 0 Å². The second-order valence-electron chi connectivity index (χ2n) is 8.28. The lowest BCUT2D eigenvalue weighted by atomic mass is 10.2. The molecule has 8 nitrogen and oxygen atoms in total. The van der Waals surface area contributed by atoms with Crippen LogP contribution in [0.25, 0.3) is 0 Å². The molecule has 2 unspecified atom stereocenters. The fourth-order valence-electron chi connectivity index (χ4n) is 4.07. The first-order valence-corrected chi connectivity index (χ1v) is 12.5. The highest BCUT2D eigenvalue weighted by Gasteiger charge is 2.33. The lowest BCUT2D eigenvalue weighted by molar-refractivity contribution is -0.121. The van der Waals surface area contributed by atoms with Gasteiger partial charge in [-0.05, 0) is 44.9 Å². The van der Waals surface area contributed by atoms with Crippen LogP contribution in [0.3, 0.4) is 0 Å². The predicted octanol–water partition coefficient (Wildman–Crippen LogP) is 2.32. The second kappa shape index (κ2) is 10.3. The van der Waals surface area contributed by atoms with Crippen LogP contribution < -0.4 is 10.6 Å². The van der Waals surface area contributed by atoms with E-state index in [-0.39, 0.29) is 65.7 Å². The summed E-state index contributed by atoms with van der Waals surface area (Å²) in [6, 6.07) is 4.40. The molecule has 1 saturated carbocycles. The molecule has 1 aliphatic heterocycles. The van der Waals surface area contributed by atoms with Gasteiger partial charge in [0.1, 0.15) is 4.90 Å². The number of carbonyl (C=O) groups excluding carboxylic acids is 2. The van der Waals surface area contributed by atoms with E-state index in [4.69, 9.17) is 16.3 Å². The molecule has 31 heavy (non-hydrogen) atoms. The van der Waals surface area contributed by atoms with Crippen LogP contribution in [0, 0.1) is 0 Å². The summed E-state index contributed by atoms with van der Waals surface area (Å²) in [5, 5.41) is 5.70. The van der Waals surface area contributed by atoms with Crippen molar-refractivity contribution in [2.24, 2.45) is 0 Å². The third-order valence-corrected chi connectivity index (χ3v) is 7.87. The molecule has 10 heteroatoms. The first-order valence-electron chi connectivity index (χ1n) is 10.7. The molecule has 0 aromatic heterocycles. The molecule has 2 atom stereocenters. The molecule has 1 heterocycles. The van der Waals surface area contributed by atoms with E-state index >= 15 is 0 Å². The van der Waals surface area contributed by atoms with Crippen molar-refractivity contribution in [3.8, 4) is 0 Å². The van der Waals surface area contributed by atoms with Crippen LogP contribution in [0.2, 0.25) is 5.02 Å². The molecule has 0 bridgehead atoms. The molecule has 1 aromatic rings. The third-order valence-electron chi connectivity index (χ3n) is 5.56. The van der Waals surface area contributed by atoms with Crippen LogP contribution >= 0.6 is 11.6 Å². The number of carbonyl (C=O) groups is 2. The van der Waals surface area contributed by atoms with Gasteiger partial charge in [0.05, 0.1) is 17.2 Å².